The number of fused-ring (bicyclic) bond motifs is 4. The summed E-state index contributed by atoms with van der Waals surface area (Å²) in [5, 5.41) is 1.11. The molecule has 0 aliphatic carbocycles. The maximum Gasteiger partial charge on any atom is 0.246 e. The van der Waals surface area contributed by atoms with Crippen molar-refractivity contribution in [1.82, 2.24) is 19.7 Å². The Balaban J connectivity index is 1.06. The molecule has 3 aliphatic rings. The number of methoxy groups -OCH3 is 1. The zero-order valence-corrected chi connectivity index (χ0v) is 24.5. The number of para-hydroxylation sites is 1. The van der Waals surface area contributed by atoms with E-state index in [1.54, 1.807) is 12.0 Å². The molecular weight excluding hydrogens is 543 g/mol. The van der Waals surface area contributed by atoms with E-state index in [0.717, 1.165) is 77.9 Å². The van der Waals surface area contributed by atoms with Crippen LogP contribution in [0.1, 0.15) is 47.7 Å². The summed E-state index contributed by atoms with van der Waals surface area (Å²) in [6.45, 7) is 3.51. The van der Waals surface area contributed by atoms with Gasteiger partial charge in [0.1, 0.15) is 17.6 Å². The van der Waals surface area contributed by atoms with Gasteiger partial charge in [0.25, 0.3) is 0 Å². The second-order valence-corrected chi connectivity index (χ2v) is 12.2. The van der Waals surface area contributed by atoms with Gasteiger partial charge in [0.05, 0.1) is 19.7 Å². The van der Waals surface area contributed by atoms with E-state index in [-0.39, 0.29) is 30.2 Å². The molecule has 1 N–H and O–H groups in total. The van der Waals surface area contributed by atoms with Gasteiger partial charge in [-0.1, -0.05) is 42.5 Å². The molecule has 0 bridgehead atoms. The number of hydrogen-bond acceptors (Lipinski definition) is 4. The molecule has 0 radical (unpaired) electrons. The number of nitrogens with one attached hydrogen (secondary N) is 1. The monoisotopic (exact) mass is 580 g/mol. The van der Waals surface area contributed by atoms with Crippen LogP contribution in [0.5, 0.6) is 5.75 Å². The molecule has 2 saturated heterocycles. The SMILES string of the molecule is COc1ccc([C@H]2c3[nH]c4ccccc4c3C[C@H]3C(=O)N(CCC4CCN(Cc5ccc(F)cc5)CC4)CC(=O)N23)cc1. The molecule has 7 nitrogen and oxygen atoms in total. The molecule has 3 aliphatic heterocycles. The van der Waals surface area contributed by atoms with E-state index in [4.69, 9.17) is 4.74 Å². The summed E-state index contributed by atoms with van der Waals surface area (Å²) >= 11 is 0. The van der Waals surface area contributed by atoms with Crippen molar-refractivity contribution in [1.29, 1.82) is 0 Å². The predicted molar refractivity (Wildman–Crippen MR) is 163 cm³/mol. The van der Waals surface area contributed by atoms with Crippen molar-refractivity contribution in [2.24, 2.45) is 5.92 Å². The van der Waals surface area contributed by atoms with Gasteiger partial charge in [0, 0.05) is 36.1 Å². The zero-order valence-electron chi connectivity index (χ0n) is 24.5. The largest absolute Gasteiger partial charge is 0.497 e. The van der Waals surface area contributed by atoms with Crippen LogP contribution in [-0.4, -0.2) is 70.8 Å². The van der Waals surface area contributed by atoms with Crippen molar-refractivity contribution in [2.75, 3.05) is 33.3 Å². The minimum atomic E-state index is -0.530. The Kier molecular flexibility index (Phi) is 7.39. The Morgan fingerprint density at radius 2 is 1.70 bits per heavy atom. The van der Waals surface area contributed by atoms with Gasteiger partial charge in [-0.3, -0.25) is 14.5 Å². The number of hydrogen-bond donors (Lipinski definition) is 1. The molecule has 2 atom stereocenters. The van der Waals surface area contributed by atoms with Gasteiger partial charge in [-0.05, 0) is 85.3 Å². The molecular formula is C35H37FN4O3. The van der Waals surface area contributed by atoms with Gasteiger partial charge in [-0.2, -0.15) is 0 Å². The smallest absolute Gasteiger partial charge is 0.246 e. The average Bonchev–Trinajstić information content (AvgIpc) is 3.41. The second-order valence-electron chi connectivity index (χ2n) is 12.2. The first-order valence-electron chi connectivity index (χ1n) is 15.3. The van der Waals surface area contributed by atoms with E-state index >= 15 is 0 Å². The molecule has 7 rings (SSSR count). The van der Waals surface area contributed by atoms with Crippen LogP contribution in [0, 0.1) is 11.7 Å². The fourth-order valence-corrected chi connectivity index (χ4v) is 7.26. The highest BCUT2D eigenvalue weighted by atomic mass is 19.1. The number of aromatic amines is 1. The van der Waals surface area contributed by atoms with Crippen LogP contribution in [0.25, 0.3) is 10.9 Å². The van der Waals surface area contributed by atoms with Gasteiger partial charge in [0.15, 0.2) is 0 Å². The summed E-state index contributed by atoms with van der Waals surface area (Å²) < 4.78 is 18.6. The summed E-state index contributed by atoms with van der Waals surface area (Å²) in [7, 11) is 1.64. The van der Waals surface area contributed by atoms with E-state index in [0.29, 0.717) is 18.9 Å². The number of carbonyl (C=O) groups excluding carboxylic acids is 2. The Hall–Kier alpha value is -4.17. The van der Waals surface area contributed by atoms with Crippen LogP contribution in [-0.2, 0) is 22.6 Å². The highest BCUT2D eigenvalue weighted by Crippen LogP contribution is 2.43. The Morgan fingerprint density at radius 1 is 0.953 bits per heavy atom. The summed E-state index contributed by atoms with van der Waals surface area (Å²) in [4.78, 5) is 37.6. The first kappa shape index (κ1) is 27.7. The molecule has 4 heterocycles. The third kappa shape index (κ3) is 5.29. The van der Waals surface area contributed by atoms with E-state index in [9.17, 15) is 14.0 Å². The fourth-order valence-electron chi connectivity index (χ4n) is 7.26. The van der Waals surface area contributed by atoms with Crippen LogP contribution in [0.2, 0.25) is 0 Å². The molecule has 8 heteroatoms. The number of piperidine rings is 1. The minimum absolute atomic E-state index is 0.0103. The van der Waals surface area contributed by atoms with Crippen molar-refractivity contribution >= 4 is 22.7 Å². The third-order valence-electron chi connectivity index (χ3n) is 9.61. The molecule has 3 aromatic carbocycles. The standard InChI is InChI=1S/C35H37FN4O3/c1-43-27-12-8-25(9-13-27)34-33-29(28-4-2-3-5-30(28)37-33)20-31-35(42)39(22-32(41)40(31)34)19-16-23-14-17-38(18-15-23)21-24-6-10-26(36)11-7-24/h2-13,23,31,34,37H,14-22H2,1H3/t31-,34-/m0/s1. The lowest BCUT2D eigenvalue weighted by atomic mass is 9.86. The lowest BCUT2D eigenvalue weighted by Gasteiger charge is -2.47. The summed E-state index contributed by atoms with van der Waals surface area (Å²) in [5.41, 5.74) is 5.22. The number of ether oxygens (including phenoxy) is 1. The number of H-pyrrole nitrogens is 1. The van der Waals surface area contributed by atoms with Crippen molar-refractivity contribution in [3.8, 4) is 5.75 Å². The molecule has 2 fully saturated rings. The van der Waals surface area contributed by atoms with E-state index in [1.807, 2.05) is 53.4 Å². The van der Waals surface area contributed by atoms with E-state index < -0.39 is 6.04 Å². The van der Waals surface area contributed by atoms with E-state index in [2.05, 4.69) is 22.0 Å². The third-order valence-corrected chi connectivity index (χ3v) is 9.61. The highest BCUT2D eigenvalue weighted by Gasteiger charge is 2.48. The molecule has 2 amide bonds. The van der Waals surface area contributed by atoms with Crippen molar-refractivity contribution < 1.29 is 18.7 Å². The Morgan fingerprint density at radius 3 is 2.44 bits per heavy atom. The van der Waals surface area contributed by atoms with Crippen LogP contribution >= 0.6 is 0 Å². The number of nitrogens with zero attached hydrogens (tertiary/aromatic N) is 3. The molecule has 1 aromatic heterocycles. The molecule has 0 saturated carbocycles. The second kappa shape index (κ2) is 11.5. The first-order chi connectivity index (χ1) is 21.0. The molecule has 0 unspecified atom stereocenters. The van der Waals surface area contributed by atoms with E-state index in [1.165, 1.54) is 12.1 Å². The molecule has 4 aromatic rings. The number of piperazine rings is 1. The molecule has 43 heavy (non-hydrogen) atoms. The number of likely N-dealkylation sites (tertiary alicyclic amines) is 1. The van der Waals surface area contributed by atoms with Crippen molar-refractivity contribution in [3.05, 3.63) is 101 Å². The topological polar surface area (TPSA) is 68.9 Å². The molecule has 222 valence electrons. The quantitative estimate of drug-likeness (QED) is 0.322. The number of benzene rings is 3. The predicted octanol–water partition coefficient (Wildman–Crippen LogP) is 5.30. The van der Waals surface area contributed by atoms with Crippen molar-refractivity contribution in [3.63, 3.8) is 0 Å². The van der Waals surface area contributed by atoms with Crippen LogP contribution in [0.4, 0.5) is 4.39 Å². The first-order valence-corrected chi connectivity index (χ1v) is 15.3. The highest BCUT2D eigenvalue weighted by molar-refractivity contribution is 5.97. The fraction of sp³-hybridized carbons (Fsp3) is 0.371. The van der Waals surface area contributed by atoms with Crippen LogP contribution in [0.15, 0.2) is 72.8 Å². The summed E-state index contributed by atoms with van der Waals surface area (Å²) in [6, 6.07) is 21.8. The lowest BCUT2D eigenvalue weighted by molar-refractivity contribution is -0.158. The number of carbonyl (C=O) groups is 2. The van der Waals surface area contributed by atoms with Crippen molar-refractivity contribution in [2.45, 2.75) is 44.3 Å². The van der Waals surface area contributed by atoms with Crippen LogP contribution in [0.3, 0.4) is 0 Å². The minimum Gasteiger partial charge on any atom is -0.497 e. The number of amides is 2. The van der Waals surface area contributed by atoms with Gasteiger partial charge in [-0.15, -0.1) is 0 Å². The van der Waals surface area contributed by atoms with Gasteiger partial charge >= 0.3 is 0 Å². The zero-order chi connectivity index (χ0) is 29.5. The number of halogens is 1. The van der Waals surface area contributed by atoms with Gasteiger partial charge in [0.2, 0.25) is 11.8 Å². The Labute approximate surface area is 251 Å². The number of rotatable bonds is 7. The summed E-state index contributed by atoms with van der Waals surface area (Å²) in [5.74, 6) is 1.10. The normalized spacial score (nSPS) is 21.3. The average molecular weight is 581 g/mol. The lowest BCUT2D eigenvalue weighted by Crippen LogP contribution is -2.63. The van der Waals surface area contributed by atoms with Gasteiger partial charge in [-0.25, -0.2) is 4.39 Å². The molecule has 0 spiro atoms. The maximum atomic E-state index is 14.1. The Bertz CT molecular complexity index is 1630. The van der Waals surface area contributed by atoms with Gasteiger partial charge < -0.3 is 19.5 Å². The maximum absolute atomic E-state index is 14.1. The summed E-state index contributed by atoms with van der Waals surface area (Å²) in [6.07, 6.45) is 3.53. The van der Waals surface area contributed by atoms with Crippen LogP contribution < -0.4 is 4.74 Å². The number of aromatic nitrogens is 1.